The van der Waals surface area contributed by atoms with Gasteiger partial charge in [-0.2, -0.15) is 0 Å². The van der Waals surface area contributed by atoms with Crippen LogP contribution in [0.2, 0.25) is 0 Å². The number of nitrogen functional groups attached to an aromatic ring is 1. The first kappa shape index (κ1) is 9.53. The lowest BCUT2D eigenvalue weighted by atomic mass is 9.75. The number of aromatic amines is 1. The highest BCUT2D eigenvalue weighted by atomic mass is 15.1. The lowest BCUT2D eigenvalue weighted by molar-refractivity contribution is 0.244. The van der Waals surface area contributed by atoms with Gasteiger partial charge in [0.2, 0.25) is 0 Å². The number of hydrogen-bond acceptors (Lipinski definition) is 5. The van der Waals surface area contributed by atoms with Crippen LogP contribution in [0, 0.1) is 0 Å². The molecule has 0 amide bonds. The Morgan fingerprint density at radius 3 is 2.81 bits per heavy atom. The van der Waals surface area contributed by atoms with E-state index in [4.69, 9.17) is 11.5 Å². The Kier molecular flexibility index (Phi) is 1.88. The molecule has 0 saturated heterocycles. The molecular weight excluding hydrogens is 204 g/mol. The molecule has 0 radical (unpaired) electrons. The normalized spacial score (nSPS) is 18.6. The molecule has 16 heavy (non-hydrogen) atoms. The number of H-pyrrole nitrogens is 1. The highest BCUT2D eigenvalue weighted by Gasteiger charge is 2.33. The van der Waals surface area contributed by atoms with Crippen molar-refractivity contribution in [2.75, 3.05) is 5.73 Å². The molecule has 2 aromatic rings. The molecule has 2 aromatic heterocycles. The fraction of sp³-hybridized carbons (Fsp3) is 0.500. The maximum absolute atomic E-state index is 6.17. The van der Waals surface area contributed by atoms with Gasteiger partial charge in [0.1, 0.15) is 17.7 Å². The Morgan fingerprint density at radius 1 is 1.38 bits per heavy atom. The van der Waals surface area contributed by atoms with Crippen LogP contribution >= 0.6 is 0 Å². The predicted octanol–water partition coefficient (Wildman–Crippen LogP) is 0.359. The molecule has 2 heterocycles. The third kappa shape index (κ3) is 1.42. The number of imidazole rings is 1. The SMILES string of the molecule is Nc1ncnc2nc(CC3(N)CCC3)[nH]c12. The molecule has 1 aliphatic rings. The van der Waals surface area contributed by atoms with Crippen LogP contribution in [0.4, 0.5) is 5.82 Å². The van der Waals surface area contributed by atoms with Crippen molar-refractivity contribution in [3.05, 3.63) is 12.2 Å². The van der Waals surface area contributed by atoms with E-state index in [0.717, 1.165) is 25.1 Å². The van der Waals surface area contributed by atoms with Crippen LogP contribution in [0.3, 0.4) is 0 Å². The van der Waals surface area contributed by atoms with E-state index in [-0.39, 0.29) is 5.54 Å². The summed E-state index contributed by atoms with van der Waals surface area (Å²) in [4.78, 5) is 15.5. The van der Waals surface area contributed by atoms with Crippen LogP contribution in [0.5, 0.6) is 0 Å². The zero-order valence-electron chi connectivity index (χ0n) is 8.90. The maximum Gasteiger partial charge on any atom is 0.183 e. The molecule has 84 valence electrons. The van der Waals surface area contributed by atoms with E-state index >= 15 is 0 Å². The third-order valence-corrected chi connectivity index (χ3v) is 3.24. The molecule has 0 aliphatic heterocycles. The Balaban J connectivity index is 1.96. The number of fused-ring (bicyclic) bond motifs is 1. The number of rotatable bonds is 2. The molecule has 5 N–H and O–H groups in total. The van der Waals surface area contributed by atoms with E-state index in [2.05, 4.69) is 19.9 Å². The van der Waals surface area contributed by atoms with Gasteiger partial charge in [-0.25, -0.2) is 15.0 Å². The van der Waals surface area contributed by atoms with E-state index in [0.29, 0.717) is 17.0 Å². The summed E-state index contributed by atoms with van der Waals surface area (Å²) in [6, 6.07) is 0. The molecular formula is C10H14N6. The van der Waals surface area contributed by atoms with Crippen molar-refractivity contribution >= 4 is 17.0 Å². The second kappa shape index (κ2) is 3.15. The lowest BCUT2D eigenvalue weighted by Crippen LogP contribution is -2.48. The summed E-state index contributed by atoms with van der Waals surface area (Å²) >= 11 is 0. The maximum atomic E-state index is 6.17. The second-order valence-electron chi connectivity index (χ2n) is 4.53. The molecule has 1 fully saturated rings. The van der Waals surface area contributed by atoms with Gasteiger partial charge >= 0.3 is 0 Å². The van der Waals surface area contributed by atoms with Crippen molar-refractivity contribution in [1.29, 1.82) is 0 Å². The van der Waals surface area contributed by atoms with Crippen LogP contribution in [-0.2, 0) is 6.42 Å². The number of nitrogens with two attached hydrogens (primary N) is 2. The van der Waals surface area contributed by atoms with E-state index < -0.39 is 0 Å². The monoisotopic (exact) mass is 218 g/mol. The third-order valence-electron chi connectivity index (χ3n) is 3.24. The number of anilines is 1. The number of hydrogen-bond donors (Lipinski definition) is 3. The van der Waals surface area contributed by atoms with Gasteiger partial charge in [-0.05, 0) is 19.3 Å². The smallest absolute Gasteiger partial charge is 0.183 e. The van der Waals surface area contributed by atoms with Crippen LogP contribution in [-0.4, -0.2) is 25.5 Å². The Hall–Kier alpha value is -1.69. The van der Waals surface area contributed by atoms with Crippen LogP contribution in [0.15, 0.2) is 6.33 Å². The molecule has 1 saturated carbocycles. The van der Waals surface area contributed by atoms with Gasteiger partial charge in [-0.3, -0.25) is 0 Å². The molecule has 0 atom stereocenters. The Morgan fingerprint density at radius 2 is 2.19 bits per heavy atom. The zero-order valence-corrected chi connectivity index (χ0v) is 8.90. The minimum Gasteiger partial charge on any atom is -0.382 e. The van der Waals surface area contributed by atoms with E-state index in [1.165, 1.54) is 12.7 Å². The van der Waals surface area contributed by atoms with Gasteiger partial charge in [-0.1, -0.05) is 0 Å². The summed E-state index contributed by atoms with van der Waals surface area (Å²) in [5.74, 6) is 1.29. The second-order valence-corrected chi connectivity index (χ2v) is 4.53. The molecule has 3 rings (SSSR count). The number of aromatic nitrogens is 4. The standard InChI is InChI=1S/C10H14N6/c11-8-7-9(14-5-13-8)16-6(15-7)4-10(12)2-1-3-10/h5H,1-4,12H2,(H3,11,13,14,15,16). The molecule has 1 aliphatic carbocycles. The topological polar surface area (TPSA) is 106 Å². The molecule has 6 heteroatoms. The molecule has 0 unspecified atom stereocenters. The van der Waals surface area contributed by atoms with Crippen LogP contribution < -0.4 is 11.5 Å². The first-order valence-electron chi connectivity index (χ1n) is 5.40. The highest BCUT2D eigenvalue weighted by Crippen LogP contribution is 2.32. The first-order valence-corrected chi connectivity index (χ1v) is 5.40. The summed E-state index contributed by atoms with van der Waals surface area (Å²) in [7, 11) is 0. The Bertz CT molecular complexity index is 527. The van der Waals surface area contributed by atoms with E-state index in [9.17, 15) is 0 Å². The summed E-state index contributed by atoms with van der Waals surface area (Å²) < 4.78 is 0. The van der Waals surface area contributed by atoms with Crippen molar-refractivity contribution in [3.63, 3.8) is 0 Å². The summed E-state index contributed by atoms with van der Waals surface area (Å²) in [5.41, 5.74) is 13.1. The molecule has 0 spiro atoms. The lowest BCUT2D eigenvalue weighted by Gasteiger charge is -2.37. The number of nitrogens with one attached hydrogen (secondary N) is 1. The Labute approximate surface area is 92.5 Å². The van der Waals surface area contributed by atoms with Gasteiger partial charge in [0.25, 0.3) is 0 Å². The minimum atomic E-state index is -0.0872. The van der Waals surface area contributed by atoms with Gasteiger partial charge in [0, 0.05) is 12.0 Å². The van der Waals surface area contributed by atoms with Crippen LogP contribution in [0.1, 0.15) is 25.1 Å². The quantitative estimate of drug-likeness (QED) is 0.674. The van der Waals surface area contributed by atoms with Crippen molar-refractivity contribution in [2.24, 2.45) is 5.73 Å². The van der Waals surface area contributed by atoms with Gasteiger partial charge in [0.15, 0.2) is 11.5 Å². The fourth-order valence-corrected chi connectivity index (χ4v) is 2.12. The molecule has 6 nitrogen and oxygen atoms in total. The zero-order chi connectivity index (χ0) is 11.2. The number of nitrogens with zero attached hydrogens (tertiary/aromatic N) is 3. The van der Waals surface area contributed by atoms with Crippen molar-refractivity contribution in [1.82, 2.24) is 19.9 Å². The summed E-state index contributed by atoms with van der Waals surface area (Å²) in [6.07, 6.45) is 5.50. The average Bonchev–Trinajstić information content (AvgIpc) is 2.59. The average molecular weight is 218 g/mol. The van der Waals surface area contributed by atoms with E-state index in [1.54, 1.807) is 0 Å². The fourth-order valence-electron chi connectivity index (χ4n) is 2.12. The van der Waals surface area contributed by atoms with Crippen molar-refractivity contribution in [3.8, 4) is 0 Å². The summed E-state index contributed by atoms with van der Waals surface area (Å²) in [6.45, 7) is 0. The van der Waals surface area contributed by atoms with Crippen molar-refractivity contribution < 1.29 is 0 Å². The summed E-state index contributed by atoms with van der Waals surface area (Å²) in [5, 5.41) is 0. The molecule has 0 bridgehead atoms. The van der Waals surface area contributed by atoms with E-state index in [1.807, 2.05) is 0 Å². The molecule has 0 aromatic carbocycles. The van der Waals surface area contributed by atoms with Gasteiger partial charge < -0.3 is 16.5 Å². The predicted molar refractivity (Wildman–Crippen MR) is 60.6 cm³/mol. The first-order chi connectivity index (χ1) is 7.66. The minimum absolute atomic E-state index is 0.0872. The van der Waals surface area contributed by atoms with Gasteiger partial charge in [0.05, 0.1) is 0 Å². The highest BCUT2D eigenvalue weighted by molar-refractivity contribution is 5.80. The van der Waals surface area contributed by atoms with Gasteiger partial charge in [-0.15, -0.1) is 0 Å². The van der Waals surface area contributed by atoms with Crippen molar-refractivity contribution in [2.45, 2.75) is 31.2 Å². The van der Waals surface area contributed by atoms with Crippen LogP contribution in [0.25, 0.3) is 11.2 Å². The largest absolute Gasteiger partial charge is 0.382 e.